The number of esters is 2. The molecule has 0 aliphatic carbocycles. The van der Waals surface area contributed by atoms with Gasteiger partial charge < -0.3 is 33.3 Å². The number of hydrogen-bond acceptors (Lipinski definition) is 8. The second-order valence-corrected chi connectivity index (χ2v) is 23.1. The van der Waals surface area contributed by atoms with Crippen molar-refractivity contribution in [1.29, 1.82) is 0 Å². The van der Waals surface area contributed by atoms with Gasteiger partial charge in [0.1, 0.15) is 13.2 Å². The summed E-state index contributed by atoms with van der Waals surface area (Å²) in [7, 11) is 5.92. The van der Waals surface area contributed by atoms with E-state index in [1.807, 2.05) is 21.1 Å². The van der Waals surface area contributed by atoms with Gasteiger partial charge in [-0.1, -0.05) is 289 Å². The van der Waals surface area contributed by atoms with Crippen molar-refractivity contribution in [3.8, 4) is 0 Å². The maximum atomic E-state index is 12.8. The quantitative estimate of drug-likeness (QED) is 0.0195. The van der Waals surface area contributed by atoms with Gasteiger partial charge in [0, 0.05) is 12.8 Å². The number of carboxylic acids is 1. The lowest BCUT2D eigenvalue weighted by Gasteiger charge is -2.26. The molecule has 74 heavy (non-hydrogen) atoms. The molecule has 0 saturated carbocycles. The number of carbonyl (C=O) groups is 3. The molecule has 0 aromatic rings. The fourth-order valence-electron chi connectivity index (χ4n) is 9.50. The van der Waals surface area contributed by atoms with Gasteiger partial charge in [-0.3, -0.25) is 9.59 Å². The Hall–Kier alpha value is -2.23. The molecule has 0 fully saturated rings. The van der Waals surface area contributed by atoms with Crippen molar-refractivity contribution >= 4 is 17.9 Å². The Balaban J connectivity index is 3.95. The van der Waals surface area contributed by atoms with Crippen molar-refractivity contribution < 1.29 is 42.9 Å². The lowest BCUT2D eigenvalue weighted by Crippen LogP contribution is -2.44. The zero-order valence-electron chi connectivity index (χ0n) is 49.7. The second kappa shape index (κ2) is 57.0. The summed E-state index contributed by atoms with van der Waals surface area (Å²) in [6, 6.07) is 0. The standard InChI is InChI=1S/C65H123NO8/c1-6-8-10-12-14-16-18-20-22-23-24-25-26-27-28-29-30-31-32-33-34-35-36-37-38-39-40-41-42-44-45-47-49-51-53-55-62(67)72-59-61(60-73-65(64(69)70)71-58-57-66(3,4)5)74-63(68)56-54-52-50-48-46-43-21-19-17-15-13-11-9-7-2/h13,15,19,21,61,65H,6-12,14,16-18,20,22-60H2,1-5H3/b15-13-,21-19-. The molecule has 0 amide bonds. The predicted octanol–water partition coefficient (Wildman–Crippen LogP) is 17.7. The highest BCUT2D eigenvalue weighted by Gasteiger charge is 2.22. The van der Waals surface area contributed by atoms with Gasteiger partial charge in [-0.25, -0.2) is 0 Å². The van der Waals surface area contributed by atoms with Gasteiger partial charge in [-0.2, -0.15) is 0 Å². The van der Waals surface area contributed by atoms with E-state index in [-0.39, 0.29) is 32.2 Å². The SMILES string of the molecule is CCCC/C=C\C/C=C\CCCCCCCC(=O)OC(COC(=O)CCCCCCCCCCCCCCCCCCCCCCCCCCCCCCCCCCCCC)COC(OCC[N+](C)(C)C)C(=O)[O-]. The number of aliphatic carboxylic acids is 1. The number of hydrogen-bond donors (Lipinski definition) is 0. The third-order valence-electron chi connectivity index (χ3n) is 14.5. The zero-order chi connectivity index (χ0) is 54.1. The van der Waals surface area contributed by atoms with E-state index in [0.717, 1.165) is 64.2 Å². The number of likely N-dealkylation sites (N-methyl/N-ethyl adjacent to an activating group) is 1. The van der Waals surface area contributed by atoms with Crippen LogP contribution < -0.4 is 5.11 Å². The van der Waals surface area contributed by atoms with E-state index in [9.17, 15) is 19.5 Å². The van der Waals surface area contributed by atoms with E-state index in [2.05, 4.69) is 38.2 Å². The first-order valence-electron chi connectivity index (χ1n) is 32.0. The van der Waals surface area contributed by atoms with Crippen LogP contribution in [0.15, 0.2) is 24.3 Å². The van der Waals surface area contributed by atoms with E-state index in [0.29, 0.717) is 23.9 Å². The minimum atomic E-state index is -1.62. The van der Waals surface area contributed by atoms with Gasteiger partial charge in [0.05, 0.1) is 40.3 Å². The van der Waals surface area contributed by atoms with Crippen LogP contribution in [0, 0.1) is 0 Å². The average molecular weight is 1050 g/mol. The number of carbonyl (C=O) groups excluding carboxylic acids is 3. The monoisotopic (exact) mass is 1050 g/mol. The van der Waals surface area contributed by atoms with Crippen molar-refractivity contribution in [3.63, 3.8) is 0 Å². The molecule has 9 heteroatoms. The maximum absolute atomic E-state index is 12.8. The van der Waals surface area contributed by atoms with Gasteiger partial charge in [0.2, 0.25) is 0 Å². The number of quaternary nitrogens is 1. The van der Waals surface area contributed by atoms with Gasteiger partial charge in [0.25, 0.3) is 0 Å². The summed E-state index contributed by atoms with van der Waals surface area (Å²) in [5.41, 5.74) is 0. The van der Waals surface area contributed by atoms with E-state index in [4.69, 9.17) is 18.9 Å². The van der Waals surface area contributed by atoms with Gasteiger partial charge in [-0.15, -0.1) is 0 Å². The molecule has 0 saturated heterocycles. The van der Waals surface area contributed by atoms with Crippen LogP contribution in [0.4, 0.5) is 0 Å². The summed E-state index contributed by atoms with van der Waals surface area (Å²) >= 11 is 0. The molecule has 0 N–H and O–H groups in total. The van der Waals surface area contributed by atoms with Crippen LogP contribution in [0.25, 0.3) is 0 Å². The molecule has 0 aromatic carbocycles. The molecule has 0 heterocycles. The van der Waals surface area contributed by atoms with Gasteiger partial charge in [-0.05, 0) is 38.5 Å². The molecule has 2 atom stereocenters. The van der Waals surface area contributed by atoms with E-state index in [1.54, 1.807) is 0 Å². The average Bonchev–Trinajstić information content (AvgIpc) is 3.37. The third kappa shape index (κ3) is 57.5. The van der Waals surface area contributed by atoms with Crippen molar-refractivity contribution in [3.05, 3.63) is 24.3 Å². The highest BCUT2D eigenvalue weighted by atomic mass is 16.7. The number of nitrogens with zero attached hydrogens (tertiary/aromatic N) is 1. The minimum Gasteiger partial charge on any atom is -0.545 e. The highest BCUT2D eigenvalue weighted by molar-refractivity contribution is 5.70. The first kappa shape index (κ1) is 71.8. The Morgan fingerprint density at radius 1 is 0.405 bits per heavy atom. The normalized spacial score (nSPS) is 12.8. The van der Waals surface area contributed by atoms with Crippen LogP contribution in [0.1, 0.15) is 316 Å². The molecule has 9 nitrogen and oxygen atoms in total. The third-order valence-corrected chi connectivity index (χ3v) is 14.5. The van der Waals surface area contributed by atoms with Crippen molar-refractivity contribution in [2.24, 2.45) is 0 Å². The molecule has 0 spiro atoms. The van der Waals surface area contributed by atoms with Crippen molar-refractivity contribution in [2.75, 3.05) is 47.5 Å². The molecule has 0 bridgehead atoms. The maximum Gasteiger partial charge on any atom is 0.306 e. The van der Waals surface area contributed by atoms with E-state index in [1.165, 1.54) is 218 Å². The molecule has 0 aliphatic rings. The van der Waals surface area contributed by atoms with Crippen LogP contribution in [0.3, 0.4) is 0 Å². The lowest BCUT2D eigenvalue weighted by molar-refractivity contribution is -0.870. The lowest BCUT2D eigenvalue weighted by atomic mass is 10.0. The Morgan fingerprint density at radius 3 is 1.11 bits per heavy atom. The molecule has 0 aromatic heterocycles. The largest absolute Gasteiger partial charge is 0.545 e. The summed E-state index contributed by atoms with van der Waals surface area (Å²) in [5, 5.41) is 11.8. The molecular formula is C65H123NO8. The Labute approximate surface area is 458 Å². The number of unbranched alkanes of at least 4 members (excludes halogenated alkanes) is 41. The summed E-state index contributed by atoms with van der Waals surface area (Å²) in [5.74, 6) is -2.28. The molecule has 2 unspecified atom stereocenters. The predicted molar refractivity (Wildman–Crippen MR) is 311 cm³/mol. The van der Waals surface area contributed by atoms with Crippen LogP contribution >= 0.6 is 0 Å². The molecule has 0 rings (SSSR count). The van der Waals surface area contributed by atoms with E-state index >= 15 is 0 Å². The van der Waals surface area contributed by atoms with Crippen LogP contribution in [0.2, 0.25) is 0 Å². The van der Waals surface area contributed by atoms with Crippen molar-refractivity contribution in [1.82, 2.24) is 0 Å². The van der Waals surface area contributed by atoms with Crippen LogP contribution in [0.5, 0.6) is 0 Å². The van der Waals surface area contributed by atoms with Crippen LogP contribution in [-0.2, 0) is 33.3 Å². The van der Waals surface area contributed by atoms with E-state index < -0.39 is 24.3 Å². The smallest absolute Gasteiger partial charge is 0.306 e. The Bertz CT molecular complexity index is 1260. The zero-order valence-corrected chi connectivity index (χ0v) is 49.7. The summed E-state index contributed by atoms with van der Waals surface area (Å²) in [6.07, 6.45) is 65.6. The highest BCUT2D eigenvalue weighted by Crippen LogP contribution is 2.18. The Morgan fingerprint density at radius 2 is 0.743 bits per heavy atom. The fourth-order valence-corrected chi connectivity index (χ4v) is 9.50. The van der Waals surface area contributed by atoms with Crippen LogP contribution in [-0.4, -0.2) is 82.3 Å². The summed E-state index contributed by atoms with van der Waals surface area (Å²) in [6.45, 7) is 4.73. The second-order valence-electron chi connectivity index (χ2n) is 23.1. The minimum absolute atomic E-state index is 0.147. The number of allylic oxidation sites excluding steroid dienone is 4. The first-order chi connectivity index (χ1) is 36.1. The number of ether oxygens (including phenoxy) is 4. The topological polar surface area (TPSA) is 111 Å². The molecule has 0 radical (unpaired) electrons. The molecular weight excluding hydrogens is 923 g/mol. The summed E-state index contributed by atoms with van der Waals surface area (Å²) < 4.78 is 22.7. The van der Waals surface area contributed by atoms with Gasteiger partial charge >= 0.3 is 11.9 Å². The van der Waals surface area contributed by atoms with Crippen molar-refractivity contribution in [2.45, 2.75) is 328 Å². The molecule has 436 valence electrons. The Kier molecular flexibility index (Phi) is 55.2. The summed E-state index contributed by atoms with van der Waals surface area (Å²) in [4.78, 5) is 37.2. The fraction of sp³-hybridized carbons (Fsp3) is 0.892. The number of rotatable bonds is 60. The van der Waals surface area contributed by atoms with Gasteiger partial charge in [0.15, 0.2) is 12.4 Å². The molecule has 0 aliphatic heterocycles. The number of carboxylic acid groups (broad SMARTS) is 1. The first-order valence-corrected chi connectivity index (χ1v) is 32.0.